The molecule has 2 heterocycles. The van der Waals surface area contributed by atoms with Crippen LogP contribution in [0.1, 0.15) is 59.6 Å². The number of pyridine rings is 1. The van der Waals surface area contributed by atoms with Gasteiger partial charge in [-0.1, -0.05) is 6.07 Å². The quantitative estimate of drug-likeness (QED) is 0.439. The average Bonchev–Trinajstić information content (AvgIpc) is 3.23. The number of carbonyl (C=O) groups excluding carboxylic acids is 3. The number of benzene rings is 1. The van der Waals surface area contributed by atoms with E-state index < -0.39 is 35.8 Å². The van der Waals surface area contributed by atoms with E-state index in [2.05, 4.69) is 20.5 Å². The Morgan fingerprint density at radius 3 is 2.49 bits per heavy atom. The smallest absolute Gasteiger partial charge is 0.313 e. The van der Waals surface area contributed by atoms with Crippen molar-refractivity contribution in [2.45, 2.75) is 40.2 Å². The van der Waals surface area contributed by atoms with Crippen molar-refractivity contribution in [2.24, 2.45) is 5.41 Å². The summed E-state index contributed by atoms with van der Waals surface area (Å²) in [6.07, 6.45) is 1.53. The molecule has 3 aromatic rings. The lowest BCUT2D eigenvalue weighted by atomic mass is 9.93. The number of aromatic amines is 1. The van der Waals surface area contributed by atoms with Crippen LogP contribution in [-0.4, -0.2) is 59.2 Å². The monoisotopic (exact) mass is 484 g/mol. The molecular formula is C25H31N5O5. The fraction of sp³-hybridized carbons (Fsp3) is 0.400. The topological polar surface area (TPSA) is 135 Å². The predicted molar refractivity (Wildman–Crippen MR) is 131 cm³/mol. The molecule has 0 bridgehead atoms. The molecule has 2 aromatic heterocycles. The highest BCUT2D eigenvalue weighted by atomic mass is 16.6. The molecule has 35 heavy (non-hydrogen) atoms. The van der Waals surface area contributed by atoms with Gasteiger partial charge < -0.3 is 20.1 Å². The summed E-state index contributed by atoms with van der Waals surface area (Å²) in [4.78, 5) is 42.1. The van der Waals surface area contributed by atoms with E-state index in [9.17, 15) is 14.4 Å². The first kappa shape index (κ1) is 21.6. The molecule has 0 saturated heterocycles. The van der Waals surface area contributed by atoms with Crippen LogP contribution in [0, 0.1) is 5.41 Å². The summed E-state index contributed by atoms with van der Waals surface area (Å²) >= 11 is 0. The highest BCUT2D eigenvalue weighted by Crippen LogP contribution is 2.28. The molecule has 0 saturated carbocycles. The van der Waals surface area contributed by atoms with Gasteiger partial charge in [0.2, 0.25) is 5.88 Å². The summed E-state index contributed by atoms with van der Waals surface area (Å²) in [5.41, 5.74) is 0.191. The van der Waals surface area contributed by atoms with Crippen molar-refractivity contribution in [2.75, 3.05) is 20.6 Å². The van der Waals surface area contributed by atoms with E-state index in [4.69, 9.17) is 13.6 Å². The number of fused-ring (bicyclic) bond motifs is 1. The molecule has 0 aliphatic carbocycles. The molecule has 0 unspecified atom stereocenters. The third-order valence-corrected chi connectivity index (χ3v) is 5.16. The second-order valence-corrected chi connectivity index (χ2v) is 9.64. The summed E-state index contributed by atoms with van der Waals surface area (Å²) in [7, 11) is 1.39. The highest BCUT2D eigenvalue weighted by molar-refractivity contribution is 6.05. The van der Waals surface area contributed by atoms with Gasteiger partial charge >= 0.3 is 5.97 Å². The number of nitrogens with one attached hydrogen (secondary N) is 3. The Morgan fingerprint density at radius 1 is 1.09 bits per heavy atom. The first-order valence-electron chi connectivity index (χ1n) is 12.4. The molecule has 3 rings (SSSR count). The largest absolute Gasteiger partial charge is 0.480 e. The third kappa shape index (κ3) is 5.76. The first-order chi connectivity index (χ1) is 17.5. The van der Waals surface area contributed by atoms with Gasteiger partial charge in [-0.3, -0.25) is 19.5 Å². The number of hydrogen-bond acceptors (Lipinski definition) is 7. The number of nitrogens with zero attached hydrogens (tertiary/aromatic N) is 2. The van der Waals surface area contributed by atoms with Crippen LogP contribution >= 0.6 is 0 Å². The van der Waals surface area contributed by atoms with E-state index in [1.54, 1.807) is 58.9 Å². The molecule has 0 atom stereocenters. The Labute approximate surface area is 208 Å². The maximum Gasteiger partial charge on any atom is 0.313 e. The molecule has 0 aliphatic rings. The number of hydrogen-bond donors (Lipinski definition) is 3. The van der Waals surface area contributed by atoms with Crippen LogP contribution in [-0.2, 0) is 9.53 Å². The van der Waals surface area contributed by atoms with Gasteiger partial charge in [0.1, 0.15) is 11.2 Å². The minimum absolute atomic E-state index is 0.0231. The van der Waals surface area contributed by atoms with Crippen LogP contribution in [0.4, 0.5) is 0 Å². The second-order valence-electron chi connectivity index (χ2n) is 9.64. The number of rotatable bonds is 7. The molecule has 0 aliphatic heterocycles. The number of amides is 2. The fourth-order valence-corrected chi connectivity index (χ4v) is 3.25. The van der Waals surface area contributed by atoms with Crippen LogP contribution in [0.2, 0.25) is 0 Å². The van der Waals surface area contributed by atoms with Crippen molar-refractivity contribution in [1.29, 1.82) is 0 Å². The van der Waals surface area contributed by atoms with Crippen LogP contribution in [0.5, 0.6) is 5.88 Å². The molecule has 10 heteroatoms. The molecule has 0 radical (unpaired) electrons. The SMILES string of the molecule is [2H]C([2H])([2H])NC(=O)c1n[nH]c2cc(-c3cnc(OC)c(C(=O)NCC(C)(C)C(=O)OC(C)(C)C)c3)ccc12. The average molecular weight is 485 g/mol. The van der Waals surface area contributed by atoms with E-state index in [0.29, 0.717) is 22.0 Å². The Morgan fingerprint density at radius 2 is 1.83 bits per heavy atom. The van der Waals surface area contributed by atoms with Crippen molar-refractivity contribution in [3.8, 4) is 17.0 Å². The van der Waals surface area contributed by atoms with Crippen molar-refractivity contribution >= 4 is 28.7 Å². The fourth-order valence-electron chi connectivity index (χ4n) is 3.25. The summed E-state index contributed by atoms with van der Waals surface area (Å²) in [5, 5.41) is 11.8. The van der Waals surface area contributed by atoms with Gasteiger partial charge in [-0.25, -0.2) is 4.98 Å². The third-order valence-electron chi connectivity index (χ3n) is 5.16. The van der Waals surface area contributed by atoms with Crippen LogP contribution in [0.3, 0.4) is 0 Å². The zero-order valence-electron chi connectivity index (χ0n) is 23.5. The first-order valence-corrected chi connectivity index (χ1v) is 10.9. The number of carbonyl (C=O) groups is 3. The minimum atomic E-state index is -2.64. The lowest BCUT2D eigenvalue weighted by Crippen LogP contribution is -2.42. The molecule has 10 nitrogen and oxygen atoms in total. The predicted octanol–water partition coefficient (Wildman–Crippen LogP) is 3.09. The standard InChI is InChI=1S/C25H31N5O5/c1-24(2,3)35-23(33)25(4,5)13-28-20(31)17-10-15(12-27-22(17)34-7)14-8-9-16-18(11-14)29-30-19(16)21(32)26-6/h8-12H,13H2,1-7H3,(H,26,32)(H,28,31)(H,29,30)/i6D3. The molecule has 0 spiro atoms. The Balaban J connectivity index is 1.85. The summed E-state index contributed by atoms with van der Waals surface area (Å²) in [6, 6.07) is 6.61. The summed E-state index contributed by atoms with van der Waals surface area (Å²) in [6.45, 7) is 6.06. The van der Waals surface area contributed by atoms with Crippen molar-refractivity contribution in [3.63, 3.8) is 0 Å². The maximum atomic E-state index is 13.1. The van der Waals surface area contributed by atoms with Crippen LogP contribution in [0.25, 0.3) is 22.0 Å². The number of methoxy groups -OCH3 is 1. The molecular weight excluding hydrogens is 450 g/mol. The van der Waals surface area contributed by atoms with Gasteiger partial charge in [0.15, 0.2) is 5.69 Å². The lowest BCUT2D eigenvalue weighted by molar-refractivity contribution is -0.165. The normalized spacial score (nSPS) is 13.4. The zero-order valence-corrected chi connectivity index (χ0v) is 20.5. The molecule has 186 valence electrons. The number of ether oxygens (including phenoxy) is 2. The van der Waals surface area contributed by atoms with Crippen molar-refractivity contribution < 1.29 is 28.0 Å². The van der Waals surface area contributed by atoms with E-state index >= 15 is 0 Å². The molecule has 3 N–H and O–H groups in total. The van der Waals surface area contributed by atoms with E-state index in [1.807, 2.05) is 5.32 Å². The van der Waals surface area contributed by atoms with Gasteiger partial charge in [-0.15, -0.1) is 0 Å². The maximum absolute atomic E-state index is 13.1. The number of aromatic nitrogens is 3. The van der Waals surface area contributed by atoms with Crippen LogP contribution < -0.4 is 15.4 Å². The van der Waals surface area contributed by atoms with Gasteiger partial charge in [0.05, 0.1) is 18.0 Å². The van der Waals surface area contributed by atoms with E-state index in [-0.39, 0.29) is 23.7 Å². The summed E-state index contributed by atoms with van der Waals surface area (Å²) in [5.74, 6) is -1.65. The Bertz CT molecular complexity index is 1380. The van der Waals surface area contributed by atoms with Gasteiger partial charge in [-0.05, 0) is 58.4 Å². The highest BCUT2D eigenvalue weighted by Gasteiger charge is 2.33. The van der Waals surface area contributed by atoms with E-state index in [0.717, 1.165) is 0 Å². The zero-order chi connectivity index (χ0) is 28.5. The van der Waals surface area contributed by atoms with Gasteiger partial charge in [-0.2, -0.15) is 5.10 Å². The number of H-pyrrole nitrogens is 1. The Kier molecular flexibility index (Phi) is 6.00. The minimum Gasteiger partial charge on any atom is -0.480 e. The number of esters is 1. The molecule has 2 amide bonds. The van der Waals surface area contributed by atoms with Crippen molar-refractivity contribution in [1.82, 2.24) is 25.8 Å². The lowest BCUT2D eigenvalue weighted by Gasteiger charge is -2.28. The molecule has 1 aromatic carbocycles. The van der Waals surface area contributed by atoms with Gasteiger partial charge in [0.25, 0.3) is 11.8 Å². The Hall–Kier alpha value is -3.95. The molecule has 0 fully saturated rings. The second kappa shape index (κ2) is 9.73. The van der Waals surface area contributed by atoms with E-state index in [1.165, 1.54) is 13.3 Å². The summed E-state index contributed by atoms with van der Waals surface area (Å²) < 4.78 is 32.4. The van der Waals surface area contributed by atoms with Gasteiger partial charge in [0, 0.05) is 34.8 Å². The van der Waals surface area contributed by atoms with Crippen molar-refractivity contribution in [3.05, 3.63) is 41.7 Å². The van der Waals surface area contributed by atoms with Crippen LogP contribution in [0.15, 0.2) is 30.5 Å².